The monoisotopic (exact) mass is 453 g/mol. The number of carbonyl (C=O) groups is 1. The first-order valence-electron chi connectivity index (χ1n) is 10.4. The quantitative estimate of drug-likeness (QED) is 0.343. The molecule has 9 nitrogen and oxygen atoms in total. The third-order valence-corrected chi connectivity index (χ3v) is 5.21. The van der Waals surface area contributed by atoms with Crippen LogP contribution in [0.3, 0.4) is 0 Å². The number of nitrogens with zero attached hydrogens (tertiary/aromatic N) is 3. The summed E-state index contributed by atoms with van der Waals surface area (Å²) in [6, 6.07) is 14.0. The molecule has 1 aromatic heterocycles. The minimum atomic E-state index is -0.436. The molecular weight excluding hydrogens is 430 g/mol. The van der Waals surface area contributed by atoms with E-state index in [1.54, 1.807) is 12.1 Å². The summed E-state index contributed by atoms with van der Waals surface area (Å²) in [4.78, 5) is 25.6. The molecule has 4 rings (SSSR count). The van der Waals surface area contributed by atoms with Crippen LogP contribution in [-0.4, -0.2) is 38.6 Å². The van der Waals surface area contributed by atoms with Crippen LogP contribution in [0.2, 0.25) is 5.02 Å². The van der Waals surface area contributed by atoms with E-state index in [0.29, 0.717) is 36.2 Å². The Labute approximate surface area is 190 Å². The second kappa shape index (κ2) is 10.1. The maximum Gasteiger partial charge on any atom is 0.242 e. The summed E-state index contributed by atoms with van der Waals surface area (Å²) in [7, 11) is 0. The summed E-state index contributed by atoms with van der Waals surface area (Å²) in [5.41, 5.74) is 1.42. The van der Waals surface area contributed by atoms with E-state index in [9.17, 15) is 9.90 Å². The predicted molar refractivity (Wildman–Crippen MR) is 124 cm³/mol. The van der Waals surface area contributed by atoms with Gasteiger partial charge in [0.1, 0.15) is 11.8 Å². The molecule has 0 spiro atoms. The van der Waals surface area contributed by atoms with Crippen molar-refractivity contribution in [2.45, 2.75) is 31.8 Å². The normalized spacial score (nSPS) is 16.0. The minimum absolute atomic E-state index is 0.00580. The zero-order valence-corrected chi connectivity index (χ0v) is 18.1. The summed E-state index contributed by atoms with van der Waals surface area (Å²) in [5, 5.41) is 22.8. The summed E-state index contributed by atoms with van der Waals surface area (Å²) >= 11 is 6.05. The molecule has 166 valence electrons. The zero-order chi connectivity index (χ0) is 22.3. The van der Waals surface area contributed by atoms with Crippen molar-refractivity contribution in [1.82, 2.24) is 20.3 Å². The maximum absolute atomic E-state index is 12.3. The fourth-order valence-corrected chi connectivity index (χ4v) is 3.49. The summed E-state index contributed by atoms with van der Waals surface area (Å²) in [6.45, 7) is 1.18. The molecule has 1 atom stereocenters. The van der Waals surface area contributed by atoms with Crippen molar-refractivity contribution in [2.75, 3.05) is 22.5 Å². The molecule has 5 N–H and O–H groups in total. The lowest BCUT2D eigenvalue weighted by Crippen LogP contribution is -2.38. The summed E-state index contributed by atoms with van der Waals surface area (Å²) in [5.74, 6) is 0.700. The van der Waals surface area contributed by atoms with Gasteiger partial charge in [0.05, 0.1) is 5.69 Å². The molecule has 1 aliphatic rings. The number of anilines is 4. The summed E-state index contributed by atoms with van der Waals surface area (Å²) in [6.07, 6.45) is 2.54. The van der Waals surface area contributed by atoms with Crippen molar-refractivity contribution in [3.63, 3.8) is 0 Å². The van der Waals surface area contributed by atoms with E-state index in [0.717, 1.165) is 18.4 Å². The highest BCUT2D eigenvalue weighted by molar-refractivity contribution is 6.30. The topological polar surface area (TPSA) is 124 Å². The first-order valence-corrected chi connectivity index (χ1v) is 10.8. The molecule has 0 saturated carbocycles. The molecule has 0 aliphatic carbocycles. The number of halogens is 1. The minimum Gasteiger partial charge on any atom is -0.506 e. The highest BCUT2D eigenvalue weighted by Crippen LogP contribution is 2.29. The van der Waals surface area contributed by atoms with Gasteiger partial charge in [0.2, 0.25) is 23.8 Å². The number of hydrogen-bond donors (Lipinski definition) is 5. The number of aromatic hydroxyl groups is 1. The highest BCUT2D eigenvalue weighted by atomic mass is 35.5. The number of aromatic nitrogens is 3. The van der Waals surface area contributed by atoms with E-state index in [2.05, 4.69) is 36.2 Å². The highest BCUT2D eigenvalue weighted by Gasteiger charge is 2.22. The number of hydrogen-bond acceptors (Lipinski definition) is 8. The molecule has 32 heavy (non-hydrogen) atoms. The predicted octanol–water partition coefficient (Wildman–Crippen LogP) is 3.67. The number of carbonyl (C=O) groups excluding carboxylic acids is 1. The average Bonchev–Trinajstić information content (AvgIpc) is 2.99. The average molecular weight is 454 g/mol. The lowest BCUT2D eigenvalue weighted by atomic mass is 10.1. The van der Waals surface area contributed by atoms with Gasteiger partial charge in [-0.3, -0.25) is 4.79 Å². The van der Waals surface area contributed by atoms with Crippen LogP contribution in [0, 0.1) is 0 Å². The molecule has 2 heterocycles. The van der Waals surface area contributed by atoms with Gasteiger partial charge in [-0.1, -0.05) is 41.9 Å². The standard InChI is InChI=1S/C22H24ClN7O2/c23-15-9-10-18(31)17(12-15)27-22-29-20(25-13-14-6-2-1-3-7-14)28-21(30-22)26-16-8-4-5-11-24-19(16)32/h1-3,6-7,9-10,12,16,31H,4-5,8,11,13H2,(H,24,32)(H3,25,26,27,28,29,30). The Balaban J connectivity index is 1.59. The van der Waals surface area contributed by atoms with Gasteiger partial charge in [-0.2, -0.15) is 15.0 Å². The van der Waals surface area contributed by atoms with Crippen molar-refractivity contribution < 1.29 is 9.90 Å². The molecule has 1 unspecified atom stereocenters. The van der Waals surface area contributed by atoms with Crippen LogP contribution >= 0.6 is 11.6 Å². The number of phenols is 1. The van der Waals surface area contributed by atoms with Gasteiger partial charge in [-0.25, -0.2) is 0 Å². The maximum atomic E-state index is 12.3. The number of rotatable bonds is 7. The van der Waals surface area contributed by atoms with Crippen molar-refractivity contribution in [3.8, 4) is 5.75 Å². The first kappa shape index (κ1) is 21.6. The smallest absolute Gasteiger partial charge is 0.242 e. The molecular formula is C22H24ClN7O2. The van der Waals surface area contributed by atoms with Gasteiger partial charge in [-0.05, 0) is 43.0 Å². The van der Waals surface area contributed by atoms with Crippen LogP contribution in [-0.2, 0) is 11.3 Å². The number of nitrogens with one attached hydrogen (secondary N) is 4. The Morgan fingerprint density at radius 2 is 1.81 bits per heavy atom. The van der Waals surface area contributed by atoms with Gasteiger partial charge < -0.3 is 26.4 Å². The largest absolute Gasteiger partial charge is 0.506 e. The third kappa shape index (κ3) is 5.76. The molecule has 0 radical (unpaired) electrons. The molecule has 2 aromatic carbocycles. The van der Waals surface area contributed by atoms with Gasteiger partial charge in [0.25, 0.3) is 0 Å². The second-order valence-electron chi connectivity index (χ2n) is 7.42. The molecule has 1 fully saturated rings. The van der Waals surface area contributed by atoms with E-state index in [-0.39, 0.29) is 23.6 Å². The van der Waals surface area contributed by atoms with Crippen molar-refractivity contribution in [3.05, 3.63) is 59.1 Å². The molecule has 10 heteroatoms. The van der Waals surface area contributed by atoms with Crippen LogP contribution in [0.5, 0.6) is 5.75 Å². The van der Waals surface area contributed by atoms with Crippen molar-refractivity contribution in [2.24, 2.45) is 0 Å². The van der Waals surface area contributed by atoms with E-state index >= 15 is 0 Å². The molecule has 1 amide bonds. The van der Waals surface area contributed by atoms with Gasteiger partial charge in [0.15, 0.2) is 0 Å². The van der Waals surface area contributed by atoms with Gasteiger partial charge in [-0.15, -0.1) is 0 Å². The molecule has 1 aliphatic heterocycles. The third-order valence-electron chi connectivity index (χ3n) is 4.97. The second-order valence-corrected chi connectivity index (χ2v) is 7.85. The fourth-order valence-electron chi connectivity index (χ4n) is 3.31. The van der Waals surface area contributed by atoms with E-state index in [1.165, 1.54) is 6.07 Å². The van der Waals surface area contributed by atoms with Gasteiger partial charge in [0, 0.05) is 18.1 Å². The van der Waals surface area contributed by atoms with Crippen LogP contribution in [0.15, 0.2) is 48.5 Å². The van der Waals surface area contributed by atoms with Crippen LogP contribution in [0.4, 0.5) is 23.5 Å². The fraction of sp³-hybridized carbons (Fsp3) is 0.273. The van der Waals surface area contributed by atoms with E-state index < -0.39 is 6.04 Å². The van der Waals surface area contributed by atoms with Crippen LogP contribution in [0.1, 0.15) is 24.8 Å². The van der Waals surface area contributed by atoms with Gasteiger partial charge >= 0.3 is 0 Å². The SMILES string of the molecule is O=C1NCCCCC1Nc1nc(NCc2ccccc2)nc(Nc2cc(Cl)ccc2O)n1. The van der Waals surface area contributed by atoms with E-state index in [1.807, 2.05) is 30.3 Å². The van der Waals surface area contributed by atoms with Crippen molar-refractivity contribution >= 4 is 41.0 Å². The van der Waals surface area contributed by atoms with E-state index in [4.69, 9.17) is 11.6 Å². The molecule has 0 bridgehead atoms. The zero-order valence-electron chi connectivity index (χ0n) is 17.3. The van der Waals surface area contributed by atoms with Crippen LogP contribution in [0.25, 0.3) is 0 Å². The summed E-state index contributed by atoms with van der Waals surface area (Å²) < 4.78 is 0. The van der Waals surface area contributed by atoms with Crippen molar-refractivity contribution in [1.29, 1.82) is 0 Å². The number of phenolic OH excluding ortho intramolecular Hbond substituents is 1. The van der Waals surface area contributed by atoms with Crippen LogP contribution < -0.4 is 21.3 Å². The Morgan fingerprint density at radius 3 is 2.66 bits per heavy atom. The molecule has 3 aromatic rings. The number of benzene rings is 2. The Kier molecular flexibility index (Phi) is 6.86. The number of amides is 1. The molecule has 1 saturated heterocycles. The Hall–Kier alpha value is -3.59. The Bertz CT molecular complexity index is 1080. The first-order chi connectivity index (χ1) is 15.6. The Morgan fingerprint density at radius 1 is 1.03 bits per heavy atom. The lowest BCUT2D eigenvalue weighted by Gasteiger charge is -2.17. The lowest BCUT2D eigenvalue weighted by molar-refractivity contribution is -0.121.